The van der Waals surface area contributed by atoms with E-state index in [0.717, 1.165) is 35.4 Å². The van der Waals surface area contributed by atoms with Crippen molar-refractivity contribution in [2.75, 3.05) is 6.54 Å². The van der Waals surface area contributed by atoms with Crippen molar-refractivity contribution in [3.05, 3.63) is 59.3 Å². The minimum atomic E-state index is -0.329. The molecule has 0 atom stereocenters. The highest BCUT2D eigenvalue weighted by Crippen LogP contribution is 2.24. The van der Waals surface area contributed by atoms with E-state index in [4.69, 9.17) is 6.42 Å². The Morgan fingerprint density at radius 1 is 1.63 bits per heavy atom. The van der Waals surface area contributed by atoms with Crippen molar-refractivity contribution >= 4 is 0 Å². The second-order valence-electron chi connectivity index (χ2n) is 4.34. The molecule has 0 unspecified atom stereocenters. The van der Waals surface area contributed by atoms with Crippen LogP contribution in [0.4, 0.5) is 4.39 Å². The molecule has 0 aliphatic carbocycles. The van der Waals surface area contributed by atoms with Crippen LogP contribution < -0.4 is 10.6 Å². The van der Waals surface area contributed by atoms with Crippen LogP contribution in [0.25, 0.3) is 0 Å². The van der Waals surface area contributed by atoms with Gasteiger partial charge in [-0.2, -0.15) is 0 Å². The van der Waals surface area contributed by atoms with E-state index in [9.17, 15) is 4.39 Å². The molecule has 0 saturated heterocycles. The number of hydrogen-bond acceptors (Lipinski definition) is 2. The second kappa shape index (κ2) is 7.27. The highest BCUT2D eigenvalue weighted by molar-refractivity contribution is 5.49. The highest BCUT2D eigenvalue weighted by Gasteiger charge is 2.14. The lowest BCUT2D eigenvalue weighted by Gasteiger charge is -2.01. The molecule has 0 amide bonds. The molecular formula is C16H19FN2. The Balaban J connectivity index is 2.84. The largest absolute Gasteiger partial charge is 0.384 e. The van der Waals surface area contributed by atoms with Crippen molar-refractivity contribution in [2.24, 2.45) is 0 Å². The van der Waals surface area contributed by atoms with Gasteiger partial charge in [0.25, 0.3) is 0 Å². The van der Waals surface area contributed by atoms with Crippen LogP contribution in [-0.2, 0) is 0 Å². The molecule has 3 heteroatoms. The maximum absolute atomic E-state index is 13.3. The zero-order valence-electron chi connectivity index (χ0n) is 11.4. The Kier molecular flexibility index (Phi) is 5.69. The standard InChI is InChI=1S/C16H19FN2/c1-5-15(17)9-16-13(4)19-11-14(16)8-7-12(3)10-18-6-2/h2,5,8-10,18-19H,1,7,11H2,3-4H3/b12-10-,14-8+,15-9+. The molecule has 0 bridgehead atoms. The first-order chi connectivity index (χ1) is 9.08. The van der Waals surface area contributed by atoms with Crippen molar-refractivity contribution in [1.29, 1.82) is 0 Å². The van der Waals surface area contributed by atoms with Crippen molar-refractivity contribution in [2.45, 2.75) is 20.3 Å². The molecule has 1 aliphatic rings. The third-order valence-electron chi connectivity index (χ3n) is 2.84. The first-order valence-electron chi connectivity index (χ1n) is 6.09. The number of hydrogen-bond donors (Lipinski definition) is 2. The molecule has 100 valence electrons. The van der Waals surface area contributed by atoms with Gasteiger partial charge >= 0.3 is 0 Å². The van der Waals surface area contributed by atoms with Gasteiger partial charge in [0.2, 0.25) is 0 Å². The summed E-state index contributed by atoms with van der Waals surface area (Å²) >= 11 is 0. The van der Waals surface area contributed by atoms with Crippen LogP contribution in [-0.4, -0.2) is 6.54 Å². The van der Waals surface area contributed by atoms with Crippen LogP contribution in [0.5, 0.6) is 0 Å². The van der Waals surface area contributed by atoms with Gasteiger partial charge in [0.1, 0.15) is 5.83 Å². The third kappa shape index (κ3) is 4.51. The molecule has 1 aliphatic heterocycles. The van der Waals surface area contributed by atoms with Crippen molar-refractivity contribution in [1.82, 2.24) is 10.6 Å². The van der Waals surface area contributed by atoms with Gasteiger partial charge in [0.05, 0.1) is 0 Å². The Hall–Kier alpha value is -2.21. The summed E-state index contributed by atoms with van der Waals surface area (Å²) in [6.45, 7) is 8.06. The average molecular weight is 258 g/mol. The Morgan fingerprint density at radius 2 is 2.37 bits per heavy atom. The van der Waals surface area contributed by atoms with Crippen molar-refractivity contribution in [3.8, 4) is 12.5 Å². The molecule has 19 heavy (non-hydrogen) atoms. The fraction of sp³-hybridized carbons (Fsp3) is 0.250. The Labute approximate surface area is 114 Å². The average Bonchev–Trinajstić information content (AvgIpc) is 2.75. The topological polar surface area (TPSA) is 24.1 Å². The maximum atomic E-state index is 13.3. The number of rotatable bonds is 5. The summed E-state index contributed by atoms with van der Waals surface area (Å²) in [4.78, 5) is 0. The lowest BCUT2D eigenvalue weighted by atomic mass is 10.0. The van der Waals surface area contributed by atoms with Crippen LogP contribution in [0.15, 0.2) is 59.3 Å². The molecule has 0 radical (unpaired) electrons. The zero-order valence-corrected chi connectivity index (χ0v) is 11.4. The molecule has 0 fully saturated rings. The minimum Gasteiger partial charge on any atom is -0.384 e. The van der Waals surface area contributed by atoms with Gasteiger partial charge in [-0.25, -0.2) is 4.39 Å². The molecular weight excluding hydrogens is 239 g/mol. The molecule has 1 rings (SSSR count). The highest BCUT2D eigenvalue weighted by atomic mass is 19.1. The second-order valence-corrected chi connectivity index (χ2v) is 4.34. The summed E-state index contributed by atoms with van der Waals surface area (Å²) < 4.78 is 13.3. The number of terminal acetylenes is 1. The van der Waals surface area contributed by atoms with Crippen LogP contribution >= 0.6 is 0 Å². The van der Waals surface area contributed by atoms with E-state index >= 15 is 0 Å². The first kappa shape index (κ1) is 14.8. The molecule has 0 aromatic heterocycles. The van der Waals surface area contributed by atoms with Crippen LogP contribution in [0, 0.1) is 12.5 Å². The summed E-state index contributed by atoms with van der Waals surface area (Å²) in [6.07, 6.45) is 12.5. The lowest BCUT2D eigenvalue weighted by Crippen LogP contribution is -2.05. The fourth-order valence-corrected chi connectivity index (χ4v) is 1.75. The van der Waals surface area contributed by atoms with Gasteiger partial charge in [-0.1, -0.05) is 24.7 Å². The molecule has 2 nitrogen and oxygen atoms in total. The van der Waals surface area contributed by atoms with Crippen LogP contribution in [0.2, 0.25) is 0 Å². The molecule has 0 aromatic rings. The third-order valence-corrected chi connectivity index (χ3v) is 2.84. The molecule has 0 spiro atoms. The summed E-state index contributed by atoms with van der Waals surface area (Å²) in [5.74, 6) is -0.329. The summed E-state index contributed by atoms with van der Waals surface area (Å²) in [7, 11) is 0. The quantitative estimate of drug-likeness (QED) is 0.449. The smallest absolute Gasteiger partial charge is 0.123 e. The van der Waals surface area contributed by atoms with E-state index in [1.807, 2.05) is 13.8 Å². The predicted octanol–water partition coefficient (Wildman–Crippen LogP) is 3.30. The molecule has 2 N–H and O–H groups in total. The van der Waals surface area contributed by atoms with E-state index in [1.54, 1.807) is 6.20 Å². The lowest BCUT2D eigenvalue weighted by molar-refractivity contribution is 0.666. The minimum absolute atomic E-state index is 0.329. The SMILES string of the molecule is C#CN/C=C(/C)C/C=C1\CNC(C)=C1/C=C(/F)C=C. The van der Waals surface area contributed by atoms with E-state index < -0.39 is 0 Å². The number of allylic oxidation sites excluding steroid dienone is 6. The van der Waals surface area contributed by atoms with Gasteiger partial charge < -0.3 is 10.6 Å². The molecule has 1 heterocycles. The van der Waals surface area contributed by atoms with Crippen molar-refractivity contribution < 1.29 is 4.39 Å². The van der Waals surface area contributed by atoms with Gasteiger partial charge in [0.15, 0.2) is 0 Å². The van der Waals surface area contributed by atoms with E-state index in [2.05, 4.69) is 29.3 Å². The van der Waals surface area contributed by atoms with E-state index in [-0.39, 0.29) is 5.83 Å². The zero-order chi connectivity index (χ0) is 14.3. The summed E-state index contributed by atoms with van der Waals surface area (Å²) in [5, 5.41) is 5.92. The summed E-state index contributed by atoms with van der Waals surface area (Å²) in [6, 6.07) is 2.34. The van der Waals surface area contributed by atoms with Gasteiger partial charge in [-0.15, -0.1) is 0 Å². The van der Waals surface area contributed by atoms with Crippen LogP contribution in [0.3, 0.4) is 0 Å². The predicted molar refractivity (Wildman–Crippen MR) is 78.5 cm³/mol. The fourth-order valence-electron chi connectivity index (χ4n) is 1.75. The van der Waals surface area contributed by atoms with Crippen molar-refractivity contribution in [3.63, 3.8) is 0 Å². The van der Waals surface area contributed by atoms with Crippen LogP contribution in [0.1, 0.15) is 20.3 Å². The monoisotopic (exact) mass is 258 g/mol. The molecule has 0 saturated carbocycles. The maximum Gasteiger partial charge on any atom is 0.123 e. The van der Waals surface area contributed by atoms with Gasteiger partial charge in [-0.3, -0.25) is 0 Å². The number of halogens is 1. The Morgan fingerprint density at radius 3 is 3.00 bits per heavy atom. The van der Waals surface area contributed by atoms with Gasteiger partial charge in [-0.05, 0) is 38.0 Å². The first-order valence-corrected chi connectivity index (χ1v) is 6.09. The normalized spacial score (nSPS) is 18.3. The van der Waals surface area contributed by atoms with E-state index in [1.165, 1.54) is 12.2 Å². The van der Waals surface area contributed by atoms with Gasteiger partial charge in [0, 0.05) is 30.1 Å². The van der Waals surface area contributed by atoms with E-state index in [0.29, 0.717) is 0 Å². The Bertz CT molecular complexity index is 513. The summed E-state index contributed by atoms with van der Waals surface area (Å²) in [5.41, 5.74) is 4.08. The number of nitrogens with one attached hydrogen (secondary N) is 2. The molecule has 0 aromatic carbocycles.